The van der Waals surface area contributed by atoms with E-state index in [-0.39, 0.29) is 18.6 Å². The van der Waals surface area contributed by atoms with Gasteiger partial charge in [-0.1, -0.05) is 13.0 Å². The zero-order valence-corrected chi connectivity index (χ0v) is 20.9. The van der Waals surface area contributed by atoms with Crippen molar-refractivity contribution in [3.63, 3.8) is 0 Å². The first-order valence-corrected chi connectivity index (χ1v) is 11.9. The number of nitriles is 1. The molecule has 1 amide bonds. The van der Waals surface area contributed by atoms with Crippen LogP contribution in [0.5, 0.6) is 11.5 Å². The fraction of sp³-hybridized carbons (Fsp3) is 0.538. The van der Waals surface area contributed by atoms with Crippen molar-refractivity contribution >= 4 is 11.7 Å². The summed E-state index contributed by atoms with van der Waals surface area (Å²) < 4.78 is 18.9. The van der Waals surface area contributed by atoms with Gasteiger partial charge in [-0.05, 0) is 63.4 Å². The molecular formula is C26H36N4O4. The van der Waals surface area contributed by atoms with Crippen molar-refractivity contribution in [2.75, 3.05) is 38.7 Å². The number of nitrogens with zero attached hydrogens (tertiary/aromatic N) is 3. The van der Waals surface area contributed by atoms with Gasteiger partial charge in [-0.15, -0.1) is 0 Å². The molecular weight excluding hydrogens is 432 g/mol. The molecule has 1 fully saturated rings. The van der Waals surface area contributed by atoms with Crippen LogP contribution in [0.1, 0.15) is 49.1 Å². The minimum absolute atomic E-state index is 0.106. The SMILES string of the molecule is CCOc1ccc(CN(CC)CC(=O)Nc2c(C#N)c(C)c(C)n2C[C@H]2CCCO2)cc1OC. The first-order chi connectivity index (χ1) is 16.4. The smallest absolute Gasteiger partial charge is 0.239 e. The number of hydrogen-bond acceptors (Lipinski definition) is 6. The molecule has 0 aliphatic carbocycles. The van der Waals surface area contributed by atoms with E-state index in [1.54, 1.807) is 7.11 Å². The van der Waals surface area contributed by atoms with Crippen molar-refractivity contribution in [3.8, 4) is 17.6 Å². The molecule has 0 unspecified atom stereocenters. The Morgan fingerprint density at radius 3 is 2.74 bits per heavy atom. The van der Waals surface area contributed by atoms with Crippen molar-refractivity contribution in [1.29, 1.82) is 5.26 Å². The fourth-order valence-electron chi connectivity index (χ4n) is 4.35. The molecule has 1 aromatic carbocycles. The molecule has 1 aliphatic heterocycles. The van der Waals surface area contributed by atoms with E-state index in [1.807, 2.05) is 55.4 Å². The Bertz CT molecular complexity index is 1030. The van der Waals surface area contributed by atoms with Gasteiger partial charge in [0.15, 0.2) is 11.5 Å². The molecule has 0 saturated carbocycles. The summed E-state index contributed by atoms with van der Waals surface area (Å²) in [4.78, 5) is 15.1. The van der Waals surface area contributed by atoms with Crippen LogP contribution < -0.4 is 14.8 Å². The Hall–Kier alpha value is -3.02. The van der Waals surface area contributed by atoms with E-state index in [1.165, 1.54) is 0 Å². The number of amides is 1. The van der Waals surface area contributed by atoms with Crippen molar-refractivity contribution < 1.29 is 19.0 Å². The molecule has 1 N–H and O–H groups in total. The topological polar surface area (TPSA) is 88.8 Å². The maximum atomic E-state index is 13.1. The van der Waals surface area contributed by atoms with Gasteiger partial charge in [0.2, 0.25) is 5.91 Å². The van der Waals surface area contributed by atoms with Gasteiger partial charge in [0.05, 0.1) is 38.5 Å². The number of anilines is 1. The number of rotatable bonds is 11. The highest BCUT2D eigenvalue weighted by Crippen LogP contribution is 2.30. The van der Waals surface area contributed by atoms with E-state index < -0.39 is 0 Å². The summed E-state index contributed by atoms with van der Waals surface area (Å²) in [7, 11) is 1.62. The molecule has 8 nitrogen and oxygen atoms in total. The van der Waals surface area contributed by atoms with Crippen LogP contribution in [-0.2, 0) is 22.6 Å². The maximum Gasteiger partial charge on any atom is 0.239 e. The van der Waals surface area contributed by atoms with Gasteiger partial charge in [-0.2, -0.15) is 5.26 Å². The molecule has 1 saturated heterocycles. The average molecular weight is 469 g/mol. The average Bonchev–Trinajstić information content (AvgIpc) is 3.42. The second-order valence-corrected chi connectivity index (χ2v) is 8.56. The van der Waals surface area contributed by atoms with E-state index in [0.717, 1.165) is 36.3 Å². The molecule has 1 atom stereocenters. The molecule has 1 aromatic heterocycles. The minimum atomic E-state index is -0.151. The minimum Gasteiger partial charge on any atom is -0.493 e. The highest BCUT2D eigenvalue weighted by atomic mass is 16.5. The second-order valence-electron chi connectivity index (χ2n) is 8.56. The molecule has 1 aliphatic rings. The highest BCUT2D eigenvalue weighted by molar-refractivity contribution is 5.93. The number of benzene rings is 1. The van der Waals surface area contributed by atoms with Crippen LogP contribution in [0.3, 0.4) is 0 Å². The van der Waals surface area contributed by atoms with Gasteiger partial charge in [0, 0.05) is 18.8 Å². The molecule has 34 heavy (non-hydrogen) atoms. The normalized spacial score (nSPS) is 15.4. The first kappa shape index (κ1) is 25.6. The molecule has 0 bridgehead atoms. The van der Waals surface area contributed by atoms with Crippen LogP contribution >= 0.6 is 0 Å². The summed E-state index contributed by atoms with van der Waals surface area (Å²) in [6.07, 6.45) is 2.13. The molecule has 8 heteroatoms. The van der Waals surface area contributed by atoms with Gasteiger partial charge >= 0.3 is 0 Å². The fourth-order valence-corrected chi connectivity index (χ4v) is 4.35. The zero-order chi connectivity index (χ0) is 24.7. The lowest BCUT2D eigenvalue weighted by molar-refractivity contribution is -0.117. The van der Waals surface area contributed by atoms with E-state index in [2.05, 4.69) is 11.4 Å². The summed E-state index contributed by atoms with van der Waals surface area (Å²) in [5.41, 5.74) is 3.42. The monoisotopic (exact) mass is 468 g/mol. The molecule has 2 heterocycles. The van der Waals surface area contributed by atoms with Crippen LogP contribution in [0.25, 0.3) is 0 Å². The van der Waals surface area contributed by atoms with Crippen molar-refractivity contribution in [1.82, 2.24) is 9.47 Å². The van der Waals surface area contributed by atoms with Crippen LogP contribution in [0.15, 0.2) is 18.2 Å². The number of methoxy groups -OCH3 is 1. The van der Waals surface area contributed by atoms with Gasteiger partial charge in [-0.25, -0.2) is 0 Å². The van der Waals surface area contributed by atoms with E-state index >= 15 is 0 Å². The highest BCUT2D eigenvalue weighted by Gasteiger charge is 2.24. The predicted octanol–water partition coefficient (Wildman–Crippen LogP) is 4.02. The lowest BCUT2D eigenvalue weighted by Gasteiger charge is -2.22. The summed E-state index contributed by atoms with van der Waals surface area (Å²) in [6, 6.07) is 8.10. The Kier molecular flexibility index (Phi) is 8.97. The number of nitrogens with one attached hydrogen (secondary N) is 1. The number of aromatic nitrogens is 1. The third kappa shape index (κ3) is 5.91. The number of ether oxygens (including phenoxy) is 3. The largest absolute Gasteiger partial charge is 0.493 e. The first-order valence-electron chi connectivity index (χ1n) is 11.9. The standard InChI is InChI=1S/C26H36N4O4/c1-6-29(15-20-10-11-23(33-7-2)24(13-20)32-5)17-25(31)28-26-22(14-27)18(3)19(4)30(26)16-21-9-8-12-34-21/h10-11,13,21H,6-9,12,15-17H2,1-5H3,(H,28,31)/t21-/m1/s1. The lowest BCUT2D eigenvalue weighted by Crippen LogP contribution is -2.33. The van der Waals surface area contributed by atoms with Crippen LogP contribution in [-0.4, -0.2) is 54.9 Å². The molecule has 0 radical (unpaired) electrons. The number of carbonyl (C=O) groups excluding carboxylic acids is 1. The van der Waals surface area contributed by atoms with Crippen LogP contribution in [0, 0.1) is 25.2 Å². The van der Waals surface area contributed by atoms with Gasteiger partial charge in [0.1, 0.15) is 11.9 Å². The van der Waals surface area contributed by atoms with Gasteiger partial charge in [-0.3, -0.25) is 9.69 Å². The summed E-state index contributed by atoms with van der Waals surface area (Å²) >= 11 is 0. The number of hydrogen-bond donors (Lipinski definition) is 1. The summed E-state index contributed by atoms with van der Waals surface area (Å²) in [5, 5.41) is 12.8. The number of carbonyl (C=O) groups is 1. The van der Waals surface area contributed by atoms with E-state index in [4.69, 9.17) is 14.2 Å². The van der Waals surface area contributed by atoms with Crippen molar-refractivity contribution in [2.24, 2.45) is 0 Å². The van der Waals surface area contributed by atoms with Gasteiger partial charge < -0.3 is 24.1 Å². The Balaban J connectivity index is 1.73. The Morgan fingerprint density at radius 2 is 2.12 bits per heavy atom. The molecule has 0 spiro atoms. The molecule has 184 valence electrons. The zero-order valence-electron chi connectivity index (χ0n) is 20.9. The quantitative estimate of drug-likeness (QED) is 0.536. The molecule has 3 rings (SSSR count). The Morgan fingerprint density at radius 1 is 1.32 bits per heavy atom. The Labute approximate surface area is 202 Å². The van der Waals surface area contributed by atoms with Crippen LogP contribution in [0.2, 0.25) is 0 Å². The van der Waals surface area contributed by atoms with Crippen molar-refractivity contribution in [2.45, 2.75) is 59.7 Å². The van der Waals surface area contributed by atoms with Crippen LogP contribution in [0.4, 0.5) is 5.82 Å². The third-order valence-electron chi connectivity index (χ3n) is 6.36. The predicted molar refractivity (Wildman–Crippen MR) is 131 cm³/mol. The summed E-state index contributed by atoms with van der Waals surface area (Å²) in [5.74, 6) is 1.80. The molecule has 2 aromatic rings. The van der Waals surface area contributed by atoms with Crippen molar-refractivity contribution in [3.05, 3.63) is 40.6 Å². The van der Waals surface area contributed by atoms with E-state index in [0.29, 0.717) is 49.1 Å². The lowest BCUT2D eigenvalue weighted by atomic mass is 10.2. The van der Waals surface area contributed by atoms with Gasteiger partial charge in [0.25, 0.3) is 0 Å². The maximum absolute atomic E-state index is 13.1. The second kappa shape index (κ2) is 11.9. The third-order valence-corrected chi connectivity index (χ3v) is 6.36. The van der Waals surface area contributed by atoms with E-state index in [9.17, 15) is 10.1 Å². The summed E-state index contributed by atoms with van der Waals surface area (Å²) in [6.45, 7) is 11.3. The number of likely N-dealkylation sites (N-methyl/N-ethyl adjacent to an activating group) is 1.